The van der Waals surface area contributed by atoms with Gasteiger partial charge in [-0.2, -0.15) is 0 Å². The van der Waals surface area contributed by atoms with Crippen LogP contribution < -0.4 is 5.32 Å². The molecule has 1 fully saturated rings. The molecule has 2 aromatic rings. The second-order valence-electron chi connectivity index (χ2n) is 7.06. The first-order valence-electron chi connectivity index (χ1n) is 9.23. The van der Waals surface area contributed by atoms with Gasteiger partial charge in [0.05, 0.1) is 12.6 Å². The maximum atomic E-state index is 12.6. The molecule has 0 unspecified atom stereocenters. The average molecular weight is 400 g/mol. The van der Waals surface area contributed by atoms with Crippen molar-refractivity contribution in [1.82, 2.24) is 24.6 Å². The van der Waals surface area contributed by atoms with Crippen molar-refractivity contribution < 1.29 is 19.1 Å². The van der Waals surface area contributed by atoms with Gasteiger partial charge in [-0.1, -0.05) is 30.3 Å². The molecule has 10 heteroatoms. The predicted octanol–water partition coefficient (Wildman–Crippen LogP) is 0.293. The Kier molecular flexibility index (Phi) is 6.23. The number of nitrogens with zero attached hydrogens (tertiary/aromatic N) is 5. The molecule has 2 atom stereocenters. The first-order chi connectivity index (χ1) is 13.8. The number of aromatic nitrogens is 3. The molecule has 1 aromatic carbocycles. The van der Waals surface area contributed by atoms with E-state index in [4.69, 9.17) is 4.74 Å². The van der Waals surface area contributed by atoms with Gasteiger partial charge in [0.25, 0.3) is 0 Å². The van der Waals surface area contributed by atoms with Gasteiger partial charge in [0.2, 0.25) is 11.9 Å². The minimum Gasteiger partial charge on any atom is -0.367 e. The van der Waals surface area contributed by atoms with Gasteiger partial charge in [-0.25, -0.2) is 9.67 Å². The van der Waals surface area contributed by atoms with Crippen LogP contribution >= 0.6 is 0 Å². The van der Waals surface area contributed by atoms with Crippen molar-refractivity contribution >= 4 is 23.7 Å². The van der Waals surface area contributed by atoms with E-state index in [0.717, 1.165) is 5.56 Å². The lowest BCUT2D eigenvalue weighted by molar-refractivity contribution is -0.152. The molecule has 1 aliphatic heterocycles. The highest BCUT2D eigenvalue weighted by molar-refractivity contribution is 6.39. The highest BCUT2D eigenvalue weighted by atomic mass is 16.5. The number of carbonyl (C=O) groups excluding carboxylic acids is 3. The van der Waals surface area contributed by atoms with Crippen molar-refractivity contribution in [1.29, 1.82) is 0 Å². The lowest BCUT2D eigenvalue weighted by Gasteiger charge is -2.36. The Hall–Kier alpha value is -3.27. The molecule has 0 aliphatic carbocycles. The molecule has 0 radical (unpaired) electrons. The second-order valence-corrected chi connectivity index (χ2v) is 7.06. The third-order valence-electron chi connectivity index (χ3n) is 4.47. The highest BCUT2D eigenvalue weighted by Crippen LogP contribution is 2.25. The number of benzene rings is 1. The van der Waals surface area contributed by atoms with Crippen LogP contribution in [-0.2, 0) is 25.7 Å². The molecule has 0 spiro atoms. The normalized spacial score (nSPS) is 18.9. The molecule has 1 aliphatic rings. The summed E-state index contributed by atoms with van der Waals surface area (Å²) in [6.07, 6.45) is 0.815. The van der Waals surface area contributed by atoms with Gasteiger partial charge in [-0.3, -0.25) is 19.7 Å². The third kappa shape index (κ3) is 5.17. The zero-order chi connectivity index (χ0) is 21.0. The smallest absolute Gasteiger partial charge is 0.316 e. The highest BCUT2D eigenvalue weighted by Gasteiger charge is 2.32. The molecule has 29 heavy (non-hydrogen) atoms. The molecule has 154 valence electrons. The number of carbonyl (C=O) groups is 3. The minimum atomic E-state index is -0.831. The van der Waals surface area contributed by atoms with Gasteiger partial charge in [0, 0.05) is 20.6 Å². The van der Waals surface area contributed by atoms with E-state index in [2.05, 4.69) is 15.4 Å². The van der Waals surface area contributed by atoms with E-state index in [-0.39, 0.29) is 37.2 Å². The number of hydrogen-bond donors (Lipinski definition) is 1. The van der Waals surface area contributed by atoms with Gasteiger partial charge < -0.3 is 14.5 Å². The summed E-state index contributed by atoms with van der Waals surface area (Å²) >= 11 is 0. The number of amides is 3. The van der Waals surface area contributed by atoms with E-state index in [1.54, 1.807) is 14.1 Å². The Morgan fingerprint density at radius 1 is 1.21 bits per heavy atom. The quantitative estimate of drug-likeness (QED) is 0.739. The van der Waals surface area contributed by atoms with Crippen LogP contribution in [0.25, 0.3) is 0 Å². The molecule has 3 rings (SSSR count). The fraction of sp³-hybridized carbons (Fsp3) is 0.421. The Morgan fingerprint density at radius 3 is 2.62 bits per heavy atom. The van der Waals surface area contributed by atoms with Crippen LogP contribution in [0.3, 0.4) is 0 Å². The van der Waals surface area contributed by atoms with Gasteiger partial charge in [0.1, 0.15) is 19.0 Å². The molecule has 0 bridgehead atoms. The summed E-state index contributed by atoms with van der Waals surface area (Å²) in [5.74, 6) is -1.71. The van der Waals surface area contributed by atoms with E-state index in [0.29, 0.717) is 6.54 Å². The summed E-state index contributed by atoms with van der Waals surface area (Å²) in [6, 6.07) is 9.57. The van der Waals surface area contributed by atoms with E-state index in [1.807, 2.05) is 37.3 Å². The molecule has 2 heterocycles. The van der Waals surface area contributed by atoms with Crippen molar-refractivity contribution in [2.45, 2.75) is 25.7 Å². The fourth-order valence-electron chi connectivity index (χ4n) is 2.98. The van der Waals surface area contributed by atoms with Crippen LogP contribution in [0.15, 0.2) is 36.7 Å². The number of likely N-dealkylation sites (N-methyl/N-ethyl adjacent to an activating group) is 1. The van der Waals surface area contributed by atoms with Crippen LogP contribution in [0.2, 0.25) is 0 Å². The topological polar surface area (TPSA) is 110 Å². The first-order valence-corrected chi connectivity index (χ1v) is 9.23. The van der Waals surface area contributed by atoms with Gasteiger partial charge in [0.15, 0.2) is 0 Å². The van der Waals surface area contributed by atoms with Gasteiger partial charge in [-0.15, -0.1) is 5.10 Å². The third-order valence-corrected chi connectivity index (χ3v) is 4.47. The molecule has 1 saturated heterocycles. The Labute approximate surface area is 168 Å². The monoisotopic (exact) mass is 400 g/mol. The lowest BCUT2D eigenvalue weighted by Crippen LogP contribution is -2.49. The molecule has 0 saturated carbocycles. The summed E-state index contributed by atoms with van der Waals surface area (Å²) in [6.45, 7) is 2.44. The van der Waals surface area contributed by atoms with Crippen molar-refractivity contribution in [2.75, 3.05) is 32.5 Å². The van der Waals surface area contributed by atoms with E-state index < -0.39 is 11.8 Å². The predicted molar refractivity (Wildman–Crippen MR) is 104 cm³/mol. The van der Waals surface area contributed by atoms with E-state index in [1.165, 1.54) is 20.8 Å². The first kappa shape index (κ1) is 20.5. The van der Waals surface area contributed by atoms with Crippen LogP contribution in [0, 0.1) is 0 Å². The van der Waals surface area contributed by atoms with E-state index >= 15 is 0 Å². The summed E-state index contributed by atoms with van der Waals surface area (Å²) in [5.41, 5.74) is 0.947. The Bertz CT molecular complexity index is 882. The maximum Gasteiger partial charge on any atom is 0.316 e. The summed E-state index contributed by atoms with van der Waals surface area (Å²) in [7, 11) is 3.26. The SMILES string of the molecule is C[C@H]1CN(C(=O)C(=O)Nc2ncn(CC(=O)N(C)C)n2)C[C@H](c2ccccc2)O1. The molecular weight excluding hydrogens is 376 g/mol. The van der Waals surface area contributed by atoms with Crippen LogP contribution in [0.5, 0.6) is 0 Å². The second kappa shape index (κ2) is 8.82. The largest absolute Gasteiger partial charge is 0.367 e. The maximum absolute atomic E-state index is 12.6. The van der Waals surface area contributed by atoms with Crippen molar-refractivity contribution in [2.24, 2.45) is 0 Å². The van der Waals surface area contributed by atoms with Gasteiger partial charge >= 0.3 is 11.8 Å². The number of morpholine rings is 1. The summed E-state index contributed by atoms with van der Waals surface area (Å²) < 4.78 is 7.22. The molecule has 3 amide bonds. The van der Waals surface area contributed by atoms with Crippen molar-refractivity contribution in [3.8, 4) is 0 Å². The summed E-state index contributed by atoms with van der Waals surface area (Å²) in [5, 5.41) is 6.40. The number of anilines is 1. The summed E-state index contributed by atoms with van der Waals surface area (Å²) in [4.78, 5) is 43.6. The number of nitrogens with one attached hydrogen (secondary N) is 1. The van der Waals surface area contributed by atoms with Gasteiger partial charge in [-0.05, 0) is 12.5 Å². The van der Waals surface area contributed by atoms with E-state index in [9.17, 15) is 14.4 Å². The van der Waals surface area contributed by atoms with Crippen molar-refractivity contribution in [3.63, 3.8) is 0 Å². The Balaban J connectivity index is 1.61. The average Bonchev–Trinajstić information content (AvgIpc) is 3.14. The molecule has 1 aromatic heterocycles. The number of ether oxygens (including phenoxy) is 1. The molecule has 1 N–H and O–H groups in total. The van der Waals surface area contributed by atoms with Crippen LogP contribution in [0.4, 0.5) is 5.95 Å². The number of rotatable bonds is 4. The lowest BCUT2D eigenvalue weighted by atomic mass is 10.1. The molecule has 10 nitrogen and oxygen atoms in total. The fourth-order valence-corrected chi connectivity index (χ4v) is 2.98. The minimum absolute atomic E-state index is 0.0104. The number of hydrogen-bond acceptors (Lipinski definition) is 6. The van der Waals surface area contributed by atoms with Crippen molar-refractivity contribution in [3.05, 3.63) is 42.2 Å². The zero-order valence-electron chi connectivity index (χ0n) is 16.6. The Morgan fingerprint density at radius 2 is 1.93 bits per heavy atom. The van der Waals surface area contributed by atoms with Crippen LogP contribution in [-0.4, -0.2) is 75.6 Å². The van der Waals surface area contributed by atoms with Crippen LogP contribution in [0.1, 0.15) is 18.6 Å². The standard InChI is InChI=1S/C19H24N6O4/c1-13-9-24(10-15(29-13)14-7-5-4-6-8-14)18(28)17(27)21-19-20-12-25(22-19)11-16(26)23(2)3/h4-8,12-13,15H,9-11H2,1-3H3,(H,21,22,27)/t13-,15+/m0/s1. The molecular formula is C19H24N6O4. The zero-order valence-corrected chi connectivity index (χ0v) is 16.6.